The van der Waals surface area contributed by atoms with Crippen molar-refractivity contribution in [2.45, 2.75) is 38.6 Å². The van der Waals surface area contributed by atoms with Gasteiger partial charge in [0.15, 0.2) is 0 Å². The van der Waals surface area contributed by atoms with Crippen LogP contribution in [-0.4, -0.2) is 59.5 Å². The second kappa shape index (κ2) is 8.11. The number of carboxylic acid groups (broad SMARTS) is 1. The largest absolute Gasteiger partial charge is 0.480 e. The molecule has 5 heteroatoms. The van der Waals surface area contributed by atoms with Crippen molar-refractivity contribution >= 4 is 11.9 Å². The van der Waals surface area contributed by atoms with Gasteiger partial charge in [-0.3, -0.25) is 14.5 Å². The Bertz CT molecular complexity index is 542. The smallest absolute Gasteiger partial charge is 0.317 e. The highest BCUT2D eigenvalue weighted by Gasteiger charge is 2.23. The topological polar surface area (TPSA) is 60.9 Å². The molecule has 1 aromatic rings. The number of aliphatic carboxylic acids is 1. The van der Waals surface area contributed by atoms with Gasteiger partial charge in [0.05, 0.1) is 13.0 Å². The zero-order chi connectivity index (χ0) is 16.8. The first-order valence-corrected chi connectivity index (χ1v) is 8.21. The maximum absolute atomic E-state index is 12.5. The van der Waals surface area contributed by atoms with Crippen LogP contribution in [0.15, 0.2) is 24.3 Å². The molecule has 126 valence electrons. The molecule has 0 radical (unpaired) electrons. The Balaban J connectivity index is 1.88. The van der Waals surface area contributed by atoms with Gasteiger partial charge in [-0.25, -0.2) is 0 Å². The number of carbonyl (C=O) groups excluding carboxylic acids is 1. The normalized spacial score (nSPS) is 18.7. The molecular weight excluding hydrogens is 292 g/mol. The number of amides is 1. The zero-order valence-corrected chi connectivity index (χ0v) is 14.0. The quantitative estimate of drug-likeness (QED) is 0.901. The molecule has 0 saturated carbocycles. The minimum Gasteiger partial charge on any atom is -0.480 e. The first kappa shape index (κ1) is 17.5. The summed E-state index contributed by atoms with van der Waals surface area (Å²) in [7, 11) is 1.85. The molecule has 1 aliphatic heterocycles. The number of hydrogen-bond acceptors (Lipinski definition) is 3. The number of carbonyl (C=O) groups is 2. The van der Waals surface area contributed by atoms with E-state index in [2.05, 4.69) is 0 Å². The molecule has 5 nitrogen and oxygen atoms in total. The van der Waals surface area contributed by atoms with Crippen molar-refractivity contribution in [3.63, 3.8) is 0 Å². The van der Waals surface area contributed by atoms with Crippen LogP contribution in [-0.2, 0) is 16.0 Å². The molecule has 1 fully saturated rings. The van der Waals surface area contributed by atoms with Crippen molar-refractivity contribution in [3.8, 4) is 0 Å². The lowest BCUT2D eigenvalue weighted by Gasteiger charge is -2.25. The van der Waals surface area contributed by atoms with Crippen molar-refractivity contribution in [2.75, 3.05) is 26.7 Å². The Kier molecular flexibility index (Phi) is 6.16. The van der Waals surface area contributed by atoms with E-state index in [0.29, 0.717) is 13.0 Å². The van der Waals surface area contributed by atoms with E-state index in [9.17, 15) is 9.59 Å². The van der Waals surface area contributed by atoms with E-state index in [1.54, 1.807) is 0 Å². The van der Waals surface area contributed by atoms with E-state index in [1.807, 2.05) is 48.0 Å². The molecule has 0 spiro atoms. The highest BCUT2D eigenvalue weighted by atomic mass is 16.4. The fraction of sp³-hybridized carbons (Fsp3) is 0.556. The van der Waals surface area contributed by atoms with E-state index < -0.39 is 5.97 Å². The maximum atomic E-state index is 12.5. The Morgan fingerprint density at radius 2 is 1.91 bits per heavy atom. The summed E-state index contributed by atoms with van der Waals surface area (Å²) in [6.07, 6.45) is 3.14. The minimum atomic E-state index is -0.802. The van der Waals surface area contributed by atoms with Gasteiger partial charge < -0.3 is 10.0 Å². The minimum absolute atomic E-state index is 0.0575. The Morgan fingerprint density at radius 1 is 1.22 bits per heavy atom. The third-order valence-corrected chi connectivity index (χ3v) is 4.53. The summed E-state index contributed by atoms with van der Waals surface area (Å²) in [6.45, 7) is 3.57. The number of aryl methyl sites for hydroxylation is 1. The van der Waals surface area contributed by atoms with Crippen molar-refractivity contribution in [1.29, 1.82) is 0 Å². The van der Waals surface area contributed by atoms with Crippen LogP contribution in [0.2, 0.25) is 0 Å². The number of likely N-dealkylation sites (tertiary alicyclic amines) is 1. The molecule has 1 aromatic carbocycles. The fourth-order valence-electron chi connectivity index (χ4n) is 3.10. The molecule has 23 heavy (non-hydrogen) atoms. The summed E-state index contributed by atoms with van der Waals surface area (Å²) < 4.78 is 0. The first-order valence-electron chi connectivity index (χ1n) is 8.21. The SMILES string of the molecule is Cc1ccc(CC(=O)N2CCC[C@H](N(C)CC(=O)O)CC2)cc1. The van der Waals surface area contributed by atoms with Crippen LogP contribution in [0, 0.1) is 6.92 Å². The van der Waals surface area contributed by atoms with Crippen LogP contribution >= 0.6 is 0 Å². The fourth-order valence-corrected chi connectivity index (χ4v) is 3.10. The number of likely N-dealkylation sites (N-methyl/N-ethyl adjacent to an activating group) is 1. The Hall–Kier alpha value is -1.88. The van der Waals surface area contributed by atoms with Gasteiger partial charge in [0.1, 0.15) is 0 Å². The Morgan fingerprint density at radius 3 is 2.57 bits per heavy atom. The molecular formula is C18H26N2O3. The molecule has 1 heterocycles. The van der Waals surface area contributed by atoms with Crippen LogP contribution < -0.4 is 0 Å². The van der Waals surface area contributed by atoms with Gasteiger partial charge in [-0.2, -0.15) is 0 Å². The van der Waals surface area contributed by atoms with Crippen molar-refractivity contribution < 1.29 is 14.7 Å². The molecule has 1 saturated heterocycles. The van der Waals surface area contributed by atoms with Gasteiger partial charge in [-0.15, -0.1) is 0 Å². The van der Waals surface area contributed by atoms with E-state index in [4.69, 9.17) is 5.11 Å². The summed E-state index contributed by atoms with van der Waals surface area (Å²) in [5, 5.41) is 8.90. The van der Waals surface area contributed by atoms with Gasteiger partial charge in [-0.05, 0) is 38.8 Å². The number of nitrogens with zero attached hydrogens (tertiary/aromatic N) is 2. The number of benzene rings is 1. The highest BCUT2D eigenvalue weighted by Crippen LogP contribution is 2.17. The highest BCUT2D eigenvalue weighted by molar-refractivity contribution is 5.78. The number of hydrogen-bond donors (Lipinski definition) is 1. The molecule has 0 bridgehead atoms. The predicted molar refractivity (Wildman–Crippen MR) is 89.4 cm³/mol. The molecule has 2 rings (SSSR count). The molecule has 0 aliphatic carbocycles. The molecule has 1 N–H and O–H groups in total. The average molecular weight is 318 g/mol. The molecule has 0 unspecified atom stereocenters. The summed E-state index contributed by atoms with van der Waals surface area (Å²) >= 11 is 0. The monoisotopic (exact) mass is 318 g/mol. The Labute approximate surface area is 137 Å². The van der Waals surface area contributed by atoms with Crippen LogP contribution in [0.5, 0.6) is 0 Å². The molecule has 1 amide bonds. The van der Waals surface area contributed by atoms with Gasteiger partial charge in [0.2, 0.25) is 5.91 Å². The summed E-state index contributed by atoms with van der Waals surface area (Å²) in [4.78, 5) is 27.1. The van der Waals surface area contributed by atoms with Crippen molar-refractivity contribution in [1.82, 2.24) is 9.80 Å². The summed E-state index contributed by atoms with van der Waals surface area (Å²) in [6, 6.07) is 8.32. The van der Waals surface area contributed by atoms with Crippen LogP contribution in [0.1, 0.15) is 30.4 Å². The van der Waals surface area contributed by atoms with E-state index in [1.165, 1.54) is 5.56 Å². The lowest BCUT2D eigenvalue weighted by atomic mass is 10.1. The second-order valence-electron chi connectivity index (χ2n) is 6.44. The summed E-state index contributed by atoms with van der Waals surface area (Å²) in [5.74, 6) is -0.639. The van der Waals surface area contributed by atoms with E-state index in [-0.39, 0.29) is 18.5 Å². The first-order chi connectivity index (χ1) is 11.0. The lowest BCUT2D eigenvalue weighted by Crippen LogP contribution is -2.37. The van der Waals surface area contributed by atoms with Crippen molar-refractivity contribution in [3.05, 3.63) is 35.4 Å². The average Bonchev–Trinajstić information content (AvgIpc) is 2.75. The second-order valence-corrected chi connectivity index (χ2v) is 6.44. The van der Waals surface area contributed by atoms with Crippen LogP contribution in [0.25, 0.3) is 0 Å². The summed E-state index contributed by atoms with van der Waals surface area (Å²) in [5.41, 5.74) is 2.24. The van der Waals surface area contributed by atoms with E-state index >= 15 is 0 Å². The number of carboxylic acids is 1. The lowest BCUT2D eigenvalue weighted by molar-refractivity contribution is -0.138. The third kappa shape index (κ3) is 5.36. The standard InChI is InChI=1S/C18H26N2O3/c1-14-5-7-15(8-6-14)12-17(21)20-10-3-4-16(9-11-20)19(2)13-18(22)23/h5-8,16H,3-4,9-13H2,1-2H3,(H,22,23)/t16-/m0/s1. The predicted octanol–water partition coefficient (Wildman–Crippen LogP) is 1.94. The van der Waals surface area contributed by atoms with Gasteiger partial charge in [-0.1, -0.05) is 29.8 Å². The maximum Gasteiger partial charge on any atom is 0.317 e. The van der Waals surface area contributed by atoms with Crippen LogP contribution in [0.4, 0.5) is 0 Å². The molecule has 0 aromatic heterocycles. The molecule has 1 aliphatic rings. The van der Waals surface area contributed by atoms with Gasteiger partial charge in [0.25, 0.3) is 0 Å². The molecule has 1 atom stereocenters. The van der Waals surface area contributed by atoms with E-state index in [0.717, 1.165) is 31.4 Å². The third-order valence-electron chi connectivity index (χ3n) is 4.53. The zero-order valence-electron chi connectivity index (χ0n) is 14.0. The van der Waals surface area contributed by atoms with Gasteiger partial charge >= 0.3 is 5.97 Å². The number of rotatable bonds is 5. The van der Waals surface area contributed by atoms with Gasteiger partial charge in [0, 0.05) is 19.1 Å². The van der Waals surface area contributed by atoms with Crippen molar-refractivity contribution in [2.24, 2.45) is 0 Å². The van der Waals surface area contributed by atoms with Crippen LogP contribution in [0.3, 0.4) is 0 Å².